The normalized spacial score (nSPS) is 45.9. The van der Waals surface area contributed by atoms with Crippen LogP contribution < -0.4 is 0 Å². The highest BCUT2D eigenvalue weighted by atomic mass is 16.5. The summed E-state index contributed by atoms with van der Waals surface area (Å²) in [6, 6.07) is 0.125. The fraction of sp³-hybridized carbons (Fsp3) is 0.867. The van der Waals surface area contributed by atoms with Gasteiger partial charge in [0.1, 0.15) is 0 Å². The average molecular weight is 279 g/mol. The van der Waals surface area contributed by atoms with Crippen LogP contribution in [0.3, 0.4) is 0 Å². The van der Waals surface area contributed by atoms with Crippen LogP contribution in [0.2, 0.25) is 0 Å². The summed E-state index contributed by atoms with van der Waals surface area (Å²) in [5.41, 5.74) is 0. The first-order valence-corrected chi connectivity index (χ1v) is 7.84. The maximum Gasteiger partial charge on any atom is 0.308 e. The zero-order chi connectivity index (χ0) is 13.9. The molecule has 0 aromatic heterocycles. The zero-order valence-electron chi connectivity index (χ0n) is 11.5. The van der Waals surface area contributed by atoms with Crippen molar-refractivity contribution in [3.8, 4) is 0 Å². The van der Waals surface area contributed by atoms with Crippen LogP contribution >= 0.6 is 0 Å². The lowest BCUT2D eigenvalue weighted by Crippen LogP contribution is -2.44. The molecule has 4 saturated heterocycles. The summed E-state index contributed by atoms with van der Waals surface area (Å²) < 4.78 is 5.80. The fourth-order valence-electron chi connectivity index (χ4n) is 4.87. The Morgan fingerprint density at radius 2 is 1.70 bits per heavy atom. The number of carboxylic acids is 1. The fourth-order valence-corrected chi connectivity index (χ4v) is 4.87. The van der Waals surface area contributed by atoms with E-state index < -0.39 is 5.97 Å². The van der Waals surface area contributed by atoms with Gasteiger partial charge in [-0.1, -0.05) is 0 Å². The molecule has 4 fully saturated rings. The second-order valence-electron chi connectivity index (χ2n) is 6.85. The monoisotopic (exact) mass is 279 g/mol. The Hall–Kier alpha value is -1.10. The lowest BCUT2D eigenvalue weighted by atomic mass is 9.89. The second-order valence-corrected chi connectivity index (χ2v) is 6.85. The molecule has 0 spiro atoms. The molecule has 4 rings (SSSR count). The van der Waals surface area contributed by atoms with Crippen molar-refractivity contribution in [1.82, 2.24) is 4.90 Å². The average Bonchev–Trinajstić information content (AvgIpc) is 3.10. The Kier molecular flexibility index (Phi) is 2.81. The van der Waals surface area contributed by atoms with Crippen molar-refractivity contribution in [2.45, 2.75) is 69.2 Å². The van der Waals surface area contributed by atoms with E-state index in [1.165, 1.54) is 0 Å². The van der Waals surface area contributed by atoms with Crippen molar-refractivity contribution in [2.24, 2.45) is 11.8 Å². The van der Waals surface area contributed by atoms with E-state index in [1.807, 2.05) is 4.90 Å². The van der Waals surface area contributed by atoms with Crippen LogP contribution in [-0.4, -0.2) is 46.2 Å². The van der Waals surface area contributed by atoms with Gasteiger partial charge in [0, 0.05) is 18.0 Å². The Labute approximate surface area is 118 Å². The minimum atomic E-state index is -0.734. The van der Waals surface area contributed by atoms with Gasteiger partial charge in [0.15, 0.2) is 0 Å². The van der Waals surface area contributed by atoms with E-state index >= 15 is 0 Å². The van der Waals surface area contributed by atoms with Crippen molar-refractivity contribution in [3.63, 3.8) is 0 Å². The molecule has 0 aromatic carbocycles. The quantitative estimate of drug-likeness (QED) is 0.830. The van der Waals surface area contributed by atoms with Gasteiger partial charge in [-0.15, -0.1) is 0 Å². The number of carboxylic acid groups (broad SMARTS) is 1. The molecule has 4 aliphatic heterocycles. The molecule has 1 unspecified atom stereocenters. The Morgan fingerprint density at radius 1 is 1.00 bits per heavy atom. The number of ether oxygens (including phenoxy) is 1. The van der Waals surface area contributed by atoms with Gasteiger partial charge in [-0.05, 0) is 44.9 Å². The van der Waals surface area contributed by atoms with Crippen LogP contribution in [0.1, 0.15) is 44.9 Å². The summed E-state index contributed by atoms with van der Waals surface area (Å²) in [7, 11) is 0. The summed E-state index contributed by atoms with van der Waals surface area (Å²) in [6.07, 6.45) is 6.86. The summed E-state index contributed by atoms with van der Waals surface area (Å²) in [5.74, 6) is -0.797. The maximum absolute atomic E-state index is 12.8. The van der Waals surface area contributed by atoms with E-state index in [-0.39, 0.29) is 42.0 Å². The van der Waals surface area contributed by atoms with Gasteiger partial charge in [-0.25, -0.2) is 0 Å². The lowest BCUT2D eigenvalue weighted by molar-refractivity contribution is -0.145. The standard InChI is InChI=1S/C15H21NO4/c17-14(8-5-10-2-3-11(6-8)20-10)16-9-1-4-13(16)12(7-9)15(18)19/h8-13H,1-7H2,(H,18,19)/t8?,9-,10-,11+,12-,13+/m1/s1. The number of rotatable bonds is 2. The topological polar surface area (TPSA) is 66.8 Å². The third kappa shape index (κ3) is 1.79. The number of amides is 1. The molecular formula is C15H21NO4. The van der Waals surface area contributed by atoms with Crippen molar-refractivity contribution in [1.29, 1.82) is 0 Å². The molecule has 0 saturated carbocycles. The number of aliphatic carboxylic acids is 1. The highest BCUT2D eigenvalue weighted by Gasteiger charge is 2.53. The molecule has 6 atom stereocenters. The van der Waals surface area contributed by atoms with Crippen molar-refractivity contribution < 1.29 is 19.4 Å². The highest BCUT2D eigenvalue weighted by molar-refractivity contribution is 5.82. The molecule has 0 aromatic rings. The predicted octanol–water partition coefficient (Wildman–Crippen LogP) is 1.41. The minimum Gasteiger partial charge on any atom is -0.481 e. The van der Waals surface area contributed by atoms with Gasteiger partial charge in [0.2, 0.25) is 5.91 Å². The molecule has 1 N–H and O–H groups in total. The van der Waals surface area contributed by atoms with Gasteiger partial charge in [0.25, 0.3) is 0 Å². The van der Waals surface area contributed by atoms with Crippen LogP contribution in [0.15, 0.2) is 0 Å². The van der Waals surface area contributed by atoms with Gasteiger partial charge >= 0.3 is 5.97 Å². The van der Waals surface area contributed by atoms with E-state index in [1.54, 1.807) is 0 Å². The number of nitrogens with zero attached hydrogens (tertiary/aromatic N) is 1. The first kappa shape index (κ1) is 12.6. The zero-order valence-corrected chi connectivity index (χ0v) is 11.5. The largest absolute Gasteiger partial charge is 0.481 e. The van der Waals surface area contributed by atoms with Crippen LogP contribution in [0.4, 0.5) is 0 Å². The maximum atomic E-state index is 12.8. The number of hydrogen-bond donors (Lipinski definition) is 1. The highest BCUT2D eigenvalue weighted by Crippen LogP contribution is 2.45. The summed E-state index contributed by atoms with van der Waals surface area (Å²) >= 11 is 0. The molecule has 110 valence electrons. The smallest absolute Gasteiger partial charge is 0.308 e. The van der Waals surface area contributed by atoms with Crippen LogP contribution in [0, 0.1) is 11.8 Å². The van der Waals surface area contributed by atoms with Crippen LogP contribution in [0.25, 0.3) is 0 Å². The Bertz CT molecular complexity index is 439. The number of fused-ring (bicyclic) bond motifs is 4. The van der Waals surface area contributed by atoms with Crippen molar-refractivity contribution in [3.05, 3.63) is 0 Å². The Balaban J connectivity index is 1.50. The van der Waals surface area contributed by atoms with E-state index in [0.717, 1.165) is 38.5 Å². The number of carbonyl (C=O) groups excluding carboxylic acids is 1. The van der Waals surface area contributed by atoms with Gasteiger partial charge < -0.3 is 14.7 Å². The first-order chi connectivity index (χ1) is 9.63. The molecule has 5 nitrogen and oxygen atoms in total. The van der Waals surface area contributed by atoms with Crippen LogP contribution in [-0.2, 0) is 14.3 Å². The lowest BCUT2D eigenvalue weighted by Gasteiger charge is -2.32. The van der Waals surface area contributed by atoms with Crippen molar-refractivity contribution in [2.75, 3.05) is 0 Å². The first-order valence-electron chi connectivity index (χ1n) is 7.84. The van der Waals surface area contributed by atoms with E-state index in [2.05, 4.69) is 0 Å². The predicted molar refractivity (Wildman–Crippen MR) is 70.0 cm³/mol. The molecule has 0 aliphatic carbocycles. The van der Waals surface area contributed by atoms with Gasteiger partial charge in [-0.3, -0.25) is 9.59 Å². The Morgan fingerprint density at radius 3 is 2.30 bits per heavy atom. The third-order valence-electron chi connectivity index (χ3n) is 5.75. The van der Waals surface area contributed by atoms with Crippen molar-refractivity contribution >= 4 is 11.9 Å². The number of carbonyl (C=O) groups is 2. The molecule has 20 heavy (non-hydrogen) atoms. The molecule has 0 radical (unpaired) electrons. The summed E-state index contributed by atoms with van der Waals surface area (Å²) in [5, 5.41) is 9.28. The molecular weight excluding hydrogens is 258 g/mol. The van der Waals surface area contributed by atoms with E-state index in [9.17, 15) is 14.7 Å². The molecule has 4 heterocycles. The van der Waals surface area contributed by atoms with E-state index in [4.69, 9.17) is 4.74 Å². The molecule has 4 bridgehead atoms. The molecule has 4 aliphatic rings. The van der Waals surface area contributed by atoms with Crippen LogP contribution in [0.5, 0.6) is 0 Å². The SMILES string of the molecule is O=C(O)[C@@H]1C[C@H]2CC[C@@H]1N2C(=O)C1C[C@H]2CC[C@@H](C1)O2. The molecule has 1 amide bonds. The summed E-state index contributed by atoms with van der Waals surface area (Å²) in [6.45, 7) is 0. The van der Waals surface area contributed by atoms with E-state index in [0.29, 0.717) is 6.42 Å². The number of hydrogen-bond acceptors (Lipinski definition) is 3. The summed E-state index contributed by atoms with van der Waals surface area (Å²) in [4.78, 5) is 26.1. The van der Waals surface area contributed by atoms with Gasteiger partial charge in [0.05, 0.1) is 18.1 Å². The molecule has 5 heteroatoms. The second kappa shape index (κ2) is 4.45. The third-order valence-corrected chi connectivity index (χ3v) is 5.75. The minimum absolute atomic E-state index is 0.0505. The van der Waals surface area contributed by atoms with Gasteiger partial charge in [-0.2, -0.15) is 0 Å².